The van der Waals surface area contributed by atoms with E-state index in [4.69, 9.17) is 5.73 Å². The molecule has 2 aromatic rings. The van der Waals surface area contributed by atoms with Crippen LogP contribution in [0.2, 0.25) is 0 Å². The molecule has 0 bridgehead atoms. The summed E-state index contributed by atoms with van der Waals surface area (Å²) >= 11 is 0. The Kier molecular flexibility index (Phi) is 5.87. The summed E-state index contributed by atoms with van der Waals surface area (Å²) in [5.41, 5.74) is 8.60. The quantitative estimate of drug-likeness (QED) is 0.759. The SMILES string of the molecule is CN1CCN(c2ccc(CCNc3ncnc(N4CCC(N)C4)n3)cc2)CC1. The van der Waals surface area contributed by atoms with E-state index in [-0.39, 0.29) is 6.04 Å². The number of hydrogen-bond donors (Lipinski definition) is 2. The minimum absolute atomic E-state index is 0.210. The number of nitrogens with zero attached hydrogens (tertiary/aromatic N) is 6. The minimum atomic E-state index is 0.210. The molecule has 4 rings (SSSR count). The van der Waals surface area contributed by atoms with Crippen LogP contribution >= 0.6 is 0 Å². The molecule has 2 aliphatic heterocycles. The van der Waals surface area contributed by atoms with Crippen LogP contribution in [0.15, 0.2) is 30.6 Å². The molecule has 0 saturated carbocycles. The molecule has 3 N–H and O–H groups in total. The third-order valence-electron chi connectivity index (χ3n) is 5.57. The van der Waals surface area contributed by atoms with Gasteiger partial charge in [0.2, 0.25) is 11.9 Å². The summed E-state index contributed by atoms with van der Waals surface area (Å²) in [5.74, 6) is 1.33. The van der Waals surface area contributed by atoms with Crippen LogP contribution in [0.4, 0.5) is 17.6 Å². The van der Waals surface area contributed by atoms with E-state index in [1.165, 1.54) is 11.3 Å². The smallest absolute Gasteiger partial charge is 0.230 e. The van der Waals surface area contributed by atoms with Crippen LogP contribution < -0.4 is 20.9 Å². The summed E-state index contributed by atoms with van der Waals surface area (Å²) in [6, 6.07) is 9.12. The number of rotatable bonds is 6. The van der Waals surface area contributed by atoms with Crippen molar-refractivity contribution in [3.63, 3.8) is 0 Å². The molecule has 0 radical (unpaired) electrons. The molecule has 1 aromatic heterocycles. The van der Waals surface area contributed by atoms with Gasteiger partial charge in [0.05, 0.1) is 0 Å². The number of benzene rings is 1. The summed E-state index contributed by atoms with van der Waals surface area (Å²) in [4.78, 5) is 20.0. The van der Waals surface area contributed by atoms with E-state index in [0.717, 1.165) is 58.7 Å². The predicted octanol–water partition coefficient (Wildman–Crippen LogP) is 0.815. The van der Waals surface area contributed by atoms with Gasteiger partial charge in [0.1, 0.15) is 6.33 Å². The normalized spacial score (nSPS) is 20.6. The fraction of sp³-hybridized carbons (Fsp3) is 0.550. The van der Waals surface area contributed by atoms with Crippen molar-refractivity contribution in [2.45, 2.75) is 18.9 Å². The van der Waals surface area contributed by atoms with E-state index in [0.29, 0.717) is 11.9 Å². The van der Waals surface area contributed by atoms with Crippen molar-refractivity contribution in [2.75, 3.05) is 68.0 Å². The summed E-state index contributed by atoms with van der Waals surface area (Å²) < 4.78 is 0. The van der Waals surface area contributed by atoms with Crippen molar-refractivity contribution < 1.29 is 0 Å². The van der Waals surface area contributed by atoms with Gasteiger partial charge in [-0.15, -0.1) is 0 Å². The number of likely N-dealkylation sites (N-methyl/N-ethyl adjacent to an activating group) is 1. The van der Waals surface area contributed by atoms with Crippen molar-refractivity contribution in [3.8, 4) is 0 Å². The first-order valence-corrected chi connectivity index (χ1v) is 10.1. The molecule has 8 nitrogen and oxygen atoms in total. The number of hydrogen-bond acceptors (Lipinski definition) is 8. The van der Waals surface area contributed by atoms with Crippen LogP contribution in [0.5, 0.6) is 0 Å². The average molecular weight is 383 g/mol. The largest absolute Gasteiger partial charge is 0.369 e. The molecule has 2 saturated heterocycles. The van der Waals surface area contributed by atoms with Gasteiger partial charge < -0.3 is 25.8 Å². The highest BCUT2D eigenvalue weighted by Crippen LogP contribution is 2.18. The topological polar surface area (TPSA) is 86.4 Å². The molecule has 1 aromatic carbocycles. The zero-order chi connectivity index (χ0) is 19.3. The van der Waals surface area contributed by atoms with Gasteiger partial charge in [-0.05, 0) is 37.6 Å². The van der Waals surface area contributed by atoms with Crippen molar-refractivity contribution in [1.82, 2.24) is 19.9 Å². The third kappa shape index (κ3) is 4.69. The Hall–Kier alpha value is -2.45. The van der Waals surface area contributed by atoms with Gasteiger partial charge >= 0.3 is 0 Å². The van der Waals surface area contributed by atoms with E-state index in [2.05, 4.69) is 66.3 Å². The lowest BCUT2D eigenvalue weighted by molar-refractivity contribution is 0.313. The van der Waals surface area contributed by atoms with Gasteiger partial charge in [0, 0.05) is 57.5 Å². The van der Waals surface area contributed by atoms with E-state index < -0.39 is 0 Å². The Labute approximate surface area is 166 Å². The molecule has 28 heavy (non-hydrogen) atoms. The molecular formula is C20H30N8. The lowest BCUT2D eigenvalue weighted by atomic mass is 10.1. The molecular weight excluding hydrogens is 352 g/mol. The number of nitrogens with one attached hydrogen (secondary N) is 1. The zero-order valence-electron chi connectivity index (χ0n) is 16.6. The van der Waals surface area contributed by atoms with Gasteiger partial charge in [-0.1, -0.05) is 12.1 Å². The van der Waals surface area contributed by atoms with Gasteiger partial charge in [-0.25, -0.2) is 9.97 Å². The molecule has 2 aliphatic rings. The Morgan fingerprint density at radius 3 is 2.54 bits per heavy atom. The maximum atomic E-state index is 5.98. The average Bonchev–Trinajstić information content (AvgIpc) is 3.16. The summed E-state index contributed by atoms with van der Waals surface area (Å²) in [6.07, 6.45) is 3.48. The lowest BCUT2D eigenvalue weighted by Gasteiger charge is -2.34. The summed E-state index contributed by atoms with van der Waals surface area (Å²) in [5, 5.41) is 3.31. The van der Waals surface area contributed by atoms with E-state index in [1.807, 2.05) is 0 Å². The third-order valence-corrected chi connectivity index (χ3v) is 5.57. The number of piperazine rings is 1. The Balaban J connectivity index is 1.27. The summed E-state index contributed by atoms with van der Waals surface area (Å²) in [7, 11) is 2.18. The molecule has 3 heterocycles. The van der Waals surface area contributed by atoms with Crippen LogP contribution in [-0.4, -0.2) is 78.8 Å². The Morgan fingerprint density at radius 1 is 1.04 bits per heavy atom. The number of aromatic nitrogens is 3. The lowest BCUT2D eigenvalue weighted by Crippen LogP contribution is -2.44. The molecule has 0 aliphatic carbocycles. The monoisotopic (exact) mass is 382 g/mol. The predicted molar refractivity (Wildman–Crippen MR) is 113 cm³/mol. The van der Waals surface area contributed by atoms with Crippen LogP contribution in [0.1, 0.15) is 12.0 Å². The second kappa shape index (κ2) is 8.70. The first-order valence-electron chi connectivity index (χ1n) is 10.1. The molecule has 2 fully saturated rings. The number of anilines is 3. The van der Waals surface area contributed by atoms with Gasteiger partial charge in [0.15, 0.2) is 0 Å². The van der Waals surface area contributed by atoms with Crippen LogP contribution in [0, 0.1) is 0 Å². The van der Waals surface area contributed by atoms with Crippen LogP contribution in [-0.2, 0) is 6.42 Å². The maximum Gasteiger partial charge on any atom is 0.230 e. The maximum absolute atomic E-state index is 5.98. The second-order valence-corrected chi connectivity index (χ2v) is 7.74. The fourth-order valence-corrected chi connectivity index (χ4v) is 3.75. The van der Waals surface area contributed by atoms with Gasteiger partial charge in [-0.2, -0.15) is 4.98 Å². The molecule has 8 heteroatoms. The zero-order valence-corrected chi connectivity index (χ0v) is 16.6. The van der Waals surface area contributed by atoms with Crippen molar-refractivity contribution in [3.05, 3.63) is 36.2 Å². The molecule has 150 valence electrons. The second-order valence-electron chi connectivity index (χ2n) is 7.74. The minimum Gasteiger partial charge on any atom is -0.369 e. The molecule has 1 atom stereocenters. The number of nitrogens with two attached hydrogens (primary N) is 1. The van der Waals surface area contributed by atoms with Crippen molar-refractivity contribution in [2.24, 2.45) is 5.73 Å². The highest BCUT2D eigenvalue weighted by molar-refractivity contribution is 5.48. The van der Waals surface area contributed by atoms with E-state index >= 15 is 0 Å². The van der Waals surface area contributed by atoms with Gasteiger partial charge in [-0.3, -0.25) is 0 Å². The highest BCUT2D eigenvalue weighted by atomic mass is 15.3. The first kappa shape index (κ1) is 18.9. The first-order chi connectivity index (χ1) is 13.7. The summed E-state index contributed by atoms with van der Waals surface area (Å²) in [6.45, 7) is 6.96. The standard InChI is InChI=1S/C20H30N8/c1-26-10-12-27(13-11-26)18-4-2-16(3-5-18)6-8-22-19-23-15-24-20(25-19)28-9-7-17(21)14-28/h2-5,15,17H,6-14,21H2,1H3,(H,22,23,24,25). The van der Waals surface area contributed by atoms with Crippen molar-refractivity contribution >= 4 is 17.6 Å². The molecule has 0 amide bonds. The Bertz CT molecular complexity index is 757. The molecule has 1 unspecified atom stereocenters. The van der Waals surface area contributed by atoms with Crippen molar-refractivity contribution in [1.29, 1.82) is 0 Å². The van der Waals surface area contributed by atoms with E-state index in [9.17, 15) is 0 Å². The van der Waals surface area contributed by atoms with Gasteiger partial charge in [0.25, 0.3) is 0 Å². The van der Waals surface area contributed by atoms with Crippen LogP contribution in [0.25, 0.3) is 0 Å². The highest BCUT2D eigenvalue weighted by Gasteiger charge is 2.21. The Morgan fingerprint density at radius 2 is 1.82 bits per heavy atom. The van der Waals surface area contributed by atoms with E-state index in [1.54, 1.807) is 6.33 Å². The van der Waals surface area contributed by atoms with Crippen LogP contribution in [0.3, 0.4) is 0 Å². The molecule has 0 spiro atoms. The fourth-order valence-electron chi connectivity index (χ4n) is 3.75.